The summed E-state index contributed by atoms with van der Waals surface area (Å²) in [6, 6.07) is 16.0. The molecular formula is C29H34F2NO5P. The highest BCUT2D eigenvalue weighted by molar-refractivity contribution is 7.57. The smallest absolute Gasteiger partial charge is 0.280 e. The van der Waals surface area contributed by atoms with Crippen molar-refractivity contribution in [2.75, 3.05) is 26.5 Å². The van der Waals surface area contributed by atoms with Crippen molar-refractivity contribution in [3.05, 3.63) is 77.6 Å². The molecule has 0 bridgehead atoms. The summed E-state index contributed by atoms with van der Waals surface area (Å²) in [7, 11) is -1.72. The molecular weight excluding hydrogens is 511 g/mol. The Morgan fingerprint density at radius 3 is 2.50 bits per heavy atom. The van der Waals surface area contributed by atoms with E-state index in [-0.39, 0.29) is 17.8 Å². The van der Waals surface area contributed by atoms with Gasteiger partial charge < -0.3 is 19.5 Å². The normalized spacial score (nSPS) is 20.1. The van der Waals surface area contributed by atoms with Crippen molar-refractivity contribution in [3.63, 3.8) is 0 Å². The van der Waals surface area contributed by atoms with Gasteiger partial charge in [0.15, 0.2) is 0 Å². The van der Waals surface area contributed by atoms with Crippen molar-refractivity contribution in [1.29, 1.82) is 0 Å². The molecule has 1 aliphatic rings. The molecule has 1 aliphatic carbocycles. The molecule has 0 spiro atoms. The van der Waals surface area contributed by atoms with Gasteiger partial charge in [0, 0.05) is 12.9 Å². The van der Waals surface area contributed by atoms with Crippen LogP contribution in [0.5, 0.6) is 11.5 Å². The van der Waals surface area contributed by atoms with E-state index in [4.69, 9.17) is 9.47 Å². The number of hydrogen-bond donors (Lipinski definition) is 2. The molecule has 2 atom stereocenters. The molecule has 0 saturated heterocycles. The van der Waals surface area contributed by atoms with Crippen molar-refractivity contribution in [1.82, 2.24) is 4.98 Å². The number of rotatable bonds is 10. The third kappa shape index (κ3) is 7.40. The first kappa shape index (κ1) is 28.2. The molecule has 0 aliphatic heterocycles. The van der Waals surface area contributed by atoms with Crippen LogP contribution >= 0.6 is 7.37 Å². The van der Waals surface area contributed by atoms with E-state index in [1.165, 1.54) is 18.9 Å². The van der Waals surface area contributed by atoms with Gasteiger partial charge in [-0.05, 0) is 96.2 Å². The van der Waals surface area contributed by atoms with E-state index in [0.717, 1.165) is 48.1 Å². The van der Waals surface area contributed by atoms with Crippen molar-refractivity contribution in [2.45, 2.75) is 44.1 Å². The van der Waals surface area contributed by atoms with Gasteiger partial charge in [0.2, 0.25) is 7.37 Å². The standard InChI is InChI=1S/C29H34F2NO5P/c1-36-23-10-11-25(21-12-13-32-27(15-21)29(30)31)26(16-23)20-8-6-19(7-9-20)17-37-24-5-3-4-22(14-24)28(33)18-38(2,34)35/h3-5,10-16,19-20,28-29,33H,6-9,17-18H2,1-2H3,(H,34,35)/t19?,20?,28-/m1/s1. The Labute approximate surface area is 222 Å². The molecule has 1 heterocycles. The van der Waals surface area contributed by atoms with Crippen LogP contribution in [0.3, 0.4) is 0 Å². The summed E-state index contributed by atoms with van der Waals surface area (Å²) in [5.41, 5.74) is 3.06. The molecule has 1 saturated carbocycles. The minimum absolute atomic E-state index is 0.199. The highest BCUT2D eigenvalue weighted by Crippen LogP contribution is 2.42. The van der Waals surface area contributed by atoms with Gasteiger partial charge in [-0.3, -0.25) is 9.55 Å². The maximum Gasteiger partial charge on any atom is 0.280 e. The maximum absolute atomic E-state index is 13.3. The first-order valence-electron chi connectivity index (χ1n) is 12.8. The first-order valence-corrected chi connectivity index (χ1v) is 15.0. The van der Waals surface area contributed by atoms with E-state index in [1.807, 2.05) is 24.3 Å². The van der Waals surface area contributed by atoms with Crippen LogP contribution in [-0.4, -0.2) is 41.5 Å². The van der Waals surface area contributed by atoms with E-state index >= 15 is 0 Å². The number of benzene rings is 2. The summed E-state index contributed by atoms with van der Waals surface area (Å²) in [4.78, 5) is 13.4. The Morgan fingerprint density at radius 1 is 1.05 bits per heavy atom. The fraction of sp³-hybridized carbons (Fsp3) is 0.414. The molecule has 1 fully saturated rings. The monoisotopic (exact) mass is 545 g/mol. The number of alkyl halides is 2. The molecule has 3 aromatic rings. The van der Waals surface area contributed by atoms with Crippen LogP contribution in [0, 0.1) is 5.92 Å². The Kier molecular flexibility index (Phi) is 9.19. The van der Waals surface area contributed by atoms with Gasteiger partial charge >= 0.3 is 0 Å². The Hall–Kier alpha value is -2.80. The first-order chi connectivity index (χ1) is 18.1. The quantitative estimate of drug-likeness (QED) is 0.267. The van der Waals surface area contributed by atoms with Crippen LogP contribution in [0.1, 0.15) is 61.0 Å². The third-order valence-electron chi connectivity index (χ3n) is 7.10. The van der Waals surface area contributed by atoms with Crippen molar-refractivity contribution < 1.29 is 32.8 Å². The average Bonchev–Trinajstić information content (AvgIpc) is 2.91. The predicted molar refractivity (Wildman–Crippen MR) is 143 cm³/mol. The zero-order valence-corrected chi connectivity index (χ0v) is 22.5. The molecule has 2 aromatic carbocycles. The summed E-state index contributed by atoms with van der Waals surface area (Å²) in [5.74, 6) is 1.98. The Bertz CT molecular complexity index is 1270. The summed E-state index contributed by atoms with van der Waals surface area (Å²) >= 11 is 0. The fourth-order valence-electron chi connectivity index (χ4n) is 5.10. The van der Waals surface area contributed by atoms with Gasteiger partial charge in [0.25, 0.3) is 6.43 Å². The number of aromatic nitrogens is 1. The lowest BCUT2D eigenvalue weighted by Crippen LogP contribution is -2.19. The van der Waals surface area contributed by atoms with E-state index < -0.39 is 19.9 Å². The third-order valence-corrected chi connectivity index (χ3v) is 8.12. The van der Waals surface area contributed by atoms with Crippen molar-refractivity contribution in [2.24, 2.45) is 5.92 Å². The number of aliphatic hydroxyl groups excluding tert-OH is 1. The Balaban J connectivity index is 1.41. The van der Waals surface area contributed by atoms with Gasteiger partial charge in [-0.15, -0.1) is 0 Å². The molecule has 1 aromatic heterocycles. The van der Waals surface area contributed by atoms with Crippen LogP contribution in [0.25, 0.3) is 11.1 Å². The lowest BCUT2D eigenvalue weighted by molar-refractivity contribution is 0.146. The van der Waals surface area contributed by atoms with E-state index in [9.17, 15) is 23.3 Å². The van der Waals surface area contributed by atoms with E-state index in [1.54, 1.807) is 31.4 Å². The molecule has 6 nitrogen and oxygen atoms in total. The number of nitrogens with zero attached hydrogens (tertiary/aromatic N) is 1. The number of pyridine rings is 1. The SMILES string of the molecule is COc1ccc(-c2ccnc(C(F)F)c2)c(C2CCC(COc3cccc([C@H](O)CP(C)(=O)O)c3)CC2)c1. The van der Waals surface area contributed by atoms with Crippen LogP contribution in [0.4, 0.5) is 8.78 Å². The van der Waals surface area contributed by atoms with Crippen LogP contribution < -0.4 is 9.47 Å². The average molecular weight is 546 g/mol. The molecule has 9 heteroatoms. The zero-order valence-electron chi connectivity index (χ0n) is 21.6. The van der Waals surface area contributed by atoms with Crippen LogP contribution in [0.15, 0.2) is 60.8 Å². The number of methoxy groups -OCH3 is 1. The molecule has 204 valence electrons. The van der Waals surface area contributed by atoms with Crippen LogP contribution in [-0.2, 0) is 4.57 Å². The predicted octanol–water partition coefficient (Wildman–Crippen LogP) is 6.98. The highest BCUT2D eigenvalue weighted by Gasteiger charge is 2.26. The number of aliphatic hydroxyl groups is 1. The lowest BCUT2D eigenvalue weighted by Gasteiger charge is -2.30. The summed E-state index contributed by atoms with van der Waals surface area (Å²) in [6.07, 6.45) is 1.35. The number of ether oxygens (including phenoxy) is 2. The fourth-order valence-corrected chi connectivity index (χ4v) is 5.95. The van der Waals surface area contributed by atoms with E-state index in [2.05, 4.69) is 4.98 Å². The number of hydrogen-bond acceptors (Lipinski definition) is 5. The van der Waals surface area contributed by atoms with Gasteiger partial charge in [0.1, 0.15) is 17.2 Å². The molecule has 0 radical (unpaired) electrons. The second-order valence-corrected chi connectivity index (χ2v) is 12.5. The van der Waals surface area contributed by atoms with Gasteiger partial charge in [-0.1, -0.05) is 18.2 Å². The molecule has 2 N–H and O–H groups in total. The topological polar surface area (TPSA) is 88.9 Å². The van der Waals surface area contributed by atoms with Gasteiger partial charge in [-0.25, -0.2) is 8.78 Å². The van der Waals surface area contributed by atoms with Gasteiger partial charge in [-0.2, -0.15) is 0 Å². The number of halogens is 2. The van der Waals surface area contributed by atoms with Crippen LogP contribution in [0.2, 0.25) is 0 Å². The lowest BCUT2D eigenvalue weighted by atomic mass is 9.77. The largest absolute Gasteiger partial charge is 0.497 e. The summed E-state index contributed by atoms with van der Waals surface area (Å²) in [5, 5.41) is 10.3. The van der Waals surface area contributed by atoms with Crippen molar-refractivity contribution >= 4 is 7.37 Å². The maximum atomic E-state index is 13.3. The summed E-state index contributed by atoms with van der Waals surface area (Å²) in [6.45, 7) is 1.77. The van der Waals surface area contributed by atoms with Crippen molar-refractivity contribution in [3.8, 4) is 22.6 Å². The van der Waals surface area contributed by atoms with Gasteiger partial charge in [0.05, 0.1) is 26.0 Å². The highest BCUT2D eigenvalue weighted by atomic mass is 31.2. The van der Waals surface area contributed by atoms with E-state index in [0.29, 0.717) is 23.8 Å². The minimum atomic E-state index is -3.34. The Morgan fingerprint density at radius 2 is 1.82 bits per heavy atom. The molecule has 4 rings (SSSR count). The minimum Gasteiger partial charge on any atom is -0.497 e. The second kappa shape index (κ2) is 12.4. The zero-order chi connectivity index (χ0) is 27.3. The molecule has 0 amide bonds. The summed E-state index contributed by atoms with van der Waals surface area (Å²) < 4.78 is 49.7. The molecule has 1 unspecified atom stereocenters. The second-order valence-electron chi connectivity index (χ2n) is 10.1. The molecule has 38 heavy (non-hydrogen) atoms.